The second-order valence-electron chi connectivity index (χ2n) is 4.94. The Morgan fingerprint density at radius 3 is 2.58 bits per heavy atom. The Hall–Kier alpha value is -0.970. The first-order valence-electron chi connectivity index (χ1n) is 5.94. The molecule has 1 aromatic carbocycles. The molecule has 4 nitrogen and oxygen atoms in total. The third-order valence-electron chi connectivity index (χ3n) is 3.03. The average molecular weight is 305 g/mol. The van der Waals surface area contributed by atoms with Crippen LogP contribution in [0.3, 0.4) is 0 Å². The molecule has 2 amide bonds. The van der Waals surface area contributed by atoms with Crippen molar-refractivity contribution < 1.29 is 9.90 Å². The molecule has 0 aliphatic heterocycles. The molecule has 0 aromatic heterocycles. The minimum atomic E-state index is -0.957. The van der Waals surface area contributed by atoms with Crippen LogP contribution in [0.25, 0.3) is 0 Å². The van der Waals surface area contributed by atoms with Crippen molar-refractivity contribution in [1.82, 2.24) is 5.32 Å². The SMILES string of the molecule is CC(C)C(C)(O)CNC(=O)Nc1ccc(Cl)cc1Cl. The summed E-state index contributed by atoms with van der Waals surface area (Å²) >= 11 is 11.7. The third-order valence-corrected chi connectivity index (χ3v) is 3.58. The molecule has 6 heteroatoms. The highest BCUT2D eigenvalue weighted by molar-refractivity contribution is 6.36. The molecule has 0 bridgehead atoms. The van der Waals surface area contributed by atoms with E-state index in [-0.39, 0.29) is 12.5 Å². The van der Waals surface area contributed by atoms with Gasteiger partial charge in [0.1, 0.15) is 0 Å². The van der Waals surface area contributed by atoms with Crippen molar-refractivity contribution in [2.75, 3.05) is 11.9 Å². The van der Waals surface area contributed by atoms with Gasteiger partial charge in [-0.05, 0) is 31.0 Å². The fraction of sp³-hybridized carbons (Fsp3) is 0.462. The van der Waals surface area contributed by atoms with E-state index < -0.39 is 11.6 Å². The Balaban J connectivity index is 2.57. The highest BCUT2D eigenvalue weighted by Gasteiger charge is 2.25. The number of carbonyl (C=O) groups excluding carboxylic acids is 1. The fourth-order valence-corrected chi connectivity index (χ4v) is 1.68. The van der Waals surface area contributed by atoms with E-state index in [0.717, 1.165) is 0 Å². The summed E-state index contributed by atoms with van der Waals surface area (Å²) < 4.78 is 0. The molecule has 3 N–H and O–H groups in total. The molecular weight excluding hydrogens is 287 g/mol. The topological polar surface area (TPSA) is 61.4 Å². The number of nitrogens with one attached hydrogen (secondary N) is 2. The Morgan fingerprint density at radius 2 is 2.05 bits per heavy atom. The number of benzene rings is 1. The molecular formula is C13H18Cl2N2O2. The molecule has 0 radical (unpaired) electrons. The van der Waals surface area contributed by atoms with E-state index in [1.54, 1.807) is 25.1 Å². The van der Waals surface area contributed by atoms with Crippen molar-refractivity contribution in [2.45, 2.75) is 26.4 Å². The predicted octanol–water partition coefficient (Wildman–Crippen LogP) is 3.52. The molecule has 0 saturated carbocycles. The van der Waals surface area contributed by atoms with Gasteiger partial charge in [-0.2, -0.15) is 0 Å². The zero-order chi connectivity index (χ0) is 14.6. The second-order valence-corrected chi connectivity index (χ2v) is 5.79. The maximum absolute atomic E-state index is 11.7. The molecule has 0 spiro atoms. The number of carbonyl (C=O) groups is 1. The summed E-state index contributed by atoms with van der Waals surface area (Å²) in [6.07, 6.45) is 0. The molecule has 1 rings (SSSR count). The number of anilines is 1. The molecule has 1 atom stereocenters. The predicted molar refractivity (Wildman–Crippen MR) is 78.9 cm³/mol. The van der Waals surface area contributed by atoms with Gasteiger partial charge in [0.2, 0.25) is 0 Å². The van der Waals surface area contributed by atoms with E-state index >= 15 is 0 Å². The average Bonchev–Trinajstić information content (AvgIpc) is 2.30. The van der Waals surface area contributed by atoms with Crippen molar-refractivity contribution in [3.63, 3.8) is 0 Å². The lowest BCUT2D eigenvalue weighted by atomic mass is 9.93. The minimum Gasteiger partial charge on any atom is -0.388 e. The van der Waals surface area contributed by atoms with Gasteiger partial charge in [-0.15, -0.1) is 0 Å². The van der Waals surface area contributed by atoms with Crippen molar-refractivity contribution in [1.29, 1.82) is 0 Å². The number of aliphatic hydroxyl groups is 1. The van der Waals surface area contributed by atoms with Crippen LogP contribution in [0.15, 0.2) is 18.2 Å². The van der Waals surface area contributed by atoms with Crippen LogP contribution < -0.4 is 10.6 Å². The van der Waals surface area contributed by atoms with Gasteiger partial charge in [-0.1, -0.05) is 37.0 Å². The molecule has 0 aliphatic carbocycles. The molecule has 0 fully saturated rings. The van der Waals surface area contributed by atoms with Gasteiger partial charge in [-0.3, -0.25) is 0 Å². The second kappa shape index (κ2) is 6.46. The zero-order valence-electron chi connectivity index (χ0n) is 11.1. The highest BCUT2D eigenvalue weighted by Crippen LogP contribution is 2.25. The van der Waals surface area contributed by atoms with Crippen LogP contribution in [0, 0.1) is 5.92 Å². The summed E-state index contributed by atoms with van der Waals surface area (Å²) in [5, 5.41) is 16.1. The molecule has 1 aromatic rings. The van der Waals surface area contributed by atoms with Crippen molar-refractivity contribution >= 4 is 34.9 Å². The summed E-state index contributed by atoms with van der Waals surface area (Å²) in [4.78, 5) is 11.7. The number of hydrogen-bond donors (Lipinski definition) is 3. The smallest absolute Gasteiger partial charge is 0.319 e. The van der Waals surface area contributed by atoms with E-state index in [1.165, 1.54) is 0 Å². The molecule has 0 heterocycles. The maximum atomic E-state index is 11.7. The van der Waals surface area contributed by atoms with Gasteiger partial charge >= 0.3 is 6.03 Å². The number of rotatable bonds is 4. The Morgan fingerprint density at radius 1 is 1.42 bits per heavy atom. The summed E-state index contributed by atoms with van der Waals surface area (Å²) in [6, 6.07) is 4.37. The normalized spacial score (nSPS) is 14.1. The largest absolute Gasteiger partial charge is 0.388 e. The molecule has 0 aliphatic rings. The van der Waals surface area contributed by atoms with Gasteiger partial charge < -0.3 is 15.7 Å². The van der Waals surface area contributed by atoms with Crippen LogP contribution in [0.5, 0.6) is 0 Å². The van der Waals surface area contributed by atoms with E-state index in [0.29, 0.717) is 15.7 Å². The minimum absolute atomic E-state index is 0.0342. The Bertz CT molecular complexity index is 462. The van der Waals surface area contributed by atoms with E-state index in [4.69, 9.17) is 23.2 Å². The van der Waals surface area contributed by atoms with Crippen LogP contribution in [0.1, 0.15) is 20.8 Å². The van der Waals surface area contributed by atoms with Crippen LogP contribution in [-0.4, -0.2) is 23.3 Å². The fourth-order valence-electron chi connectivity index (χ4n) is 1.22. The lowest BCUT2D eigenvalue weighted by molar-refractivity contribution is 0.0170. The monoisotopic (exact) mass is 304 g/mol. The van der Waals surface area contributed by atoms with Crippen LogP contribution in [0.2, 0.25) is 10.0 Å². The summed E-state index contributed by atoms with van der Waals surface area (Å²) in [5.41, 5.74) is -0.492. The van der Waals surface area contributed by atoms with Crippen molar-refractivity contribution in [3.05, 3.63) is 28.2 Å². The first kappa shape index (κ1) is 16.1. The van der Waals surface area contributed by atoms with Crippen LogP contribution in [0.4, 0.5) is 10.5 Å². The maximum Gasteiger partial charge on any atom is 0.319 e. The summed E-state index contributed by atoms with van der Waals surface area (Å²) in [6.45, 7) is 5.60. The summed E-state index contributed by atoms with van der Waals surface area (Å²) in [5.74, 6) is 0.0342. The molecule has 1 unspecified atom stereocenters. The van der Waals surface area contributed by atoms with E-state index in [2.05, 4.69) is 10.6 Å². The number of halogens is 2. The zero-order valence-corrected chi connectivity index (χ0v) is 12.6. The molecule has 106 valence electrons. The Kier molecular flexibility index (Phi) is 5.47. The number of amides is 2. The number of hydrogen-bond acceptors (Lipinski definition) is 2. The van der Waals surface area contributed by atoms with Crippen molar-refractivity contribution in [2.24, 2.45) is 5.92 Å². The van der Waals surface area contributed by atoms with E-state index in [1.807, 2.05) is 13.8 Å². The van der Waals surface area contributed by atoms with Gasteiger partial charge in [0, 0.05) is 11.6 Å². The first-order valence-corrected chi connectivity index (χ1v) is 6.70. The number of urea groups is 1. The van der Waals surface area contributed by atoms with Crippen LogP contribution >= 0.6 is 23.2 Å². The highest BCUT2D eigenvalue weighted by atomic mass is 35.5. The van der Waals surface area contributed by atoms with Crippen molar-refractivity contribution in [3.8, 4) is 0 Å². The molecule has 19 heavy (non-hydrogen) atoms. The van der Waals surface area contributed by atoms with Gasteiger partial charge in [-0.25, -0.2) is 4.79 Å². The Labute approximate surface area is 123 Å². The van der Waals surface area contributed by atoms with Gasteiger partial charge in [0.15, 0.2) is 0 Å². The van der Waals surface area contributed by atoms with E-state index in [9.17, 15) is 9.90 Å². The summed E-state index contributed by atoms with van der Waals surface area (Å²) in [7, 11) is 0. The lowest BCUT2D eigenvalue weighted by Crippen LogP contribution is -2.45. The standard InChI is InChI=1S/C13H18Cl2N2O2/c1-8(2)13(3,19)7-16-12(18)17-11-5-4-9(14)6-10(11)15/h4-6,8,19H,7H2,1-3H3,(H2,16,17,18). The molecule has 0 saturated heterocycles. The van der Waals surface area contributed by atoms with Crippen LogP contribution in [-0.2, 0) is 0 Å². The van der Waals surface area contributed by atoms with Gasteiger partial charge in [0.25, 0.3) is 0 Å². The van der Waals surface area contributed by atoms with Gasteiger partial charge in [0.05, 0.1) is 16.3 Å². The lowest BCUT2D eigenvalue weighted by Gasteiger charge is -2.27. The quantitative estimate of drug-likeness (QED) is 0.797. The third kappa shape index (κ3) is 4.90. The first-order chi connectivity index (χ1) is 8.72.